The SMILES string of the molecule is CN1CCCC1CNC(=O)Cc1ccccc1CN. The quantitative estimate of drug-likeness (QED) is 0.828. The number of rotatable bonds is 5. The molecule has 1 aliphatic rings. The van der Waals surface area contributed by atoms with Crippen molar-refractivity contribution < 1.29 is 4.79 Å². The molecule has 1 aromatic rings. The second-order valence-electron chi connectivity index (χ2n) is 5.23. The van der Waals surface area contributed by atoms with Crippen molar-refractivity contribution >= 4 is 5.91 Å². The van der Waals surface area contributed by atoms with E-state index in [0.29, 0.717) is 19.0 Å². The van der Waals surface area contributed by atoms with Crippen LogP contribution in [0, 0.1) is 0 Å². The van der Waals surface area contributed by atoms with Crippen molar-refractivity contribution in [2.45, 2.75) is 31.8 Å². The first-order valence-corrected chi connectivity index (χ1v) is 6.94. The van der Waals surface area contributed by atoms with Gasteiger partial charge in [-0.1, -0.05) is 24.3 Å². The number of hydrogen-bond donors (Lipinski definition) is 2. The molecule has 1 heterocycles. The van der Waals surface area contributed by atoms with E-state index >= 15 is 0 Å². The molecule has 1 fully saturated rings. The van der Waals surface area contributed by atoms with Crippen LogP contribution in [0.15, 0.2) is 24.3 Å². The van der Waals surface area contributed by atoms with E-state index in [2.05, 4.69) is 17.3 Å². The molecule has 1 aliphatic heterocycles. The molecule has 1 saturated heterocycles. The summed E-state index contributed by atoms with van der Waals surface area (Å²) in [7, 11) is 2.12. The number of carbonyl (C=O) groups is 1. The number of nitrogens with one attached hydrogen (secondary N) is 1. The minimum absolute atomic E-state index is 0.0844. The Morgan fingerprint density at radius 1 is 1.42 bits per heavy atom. The summed E-state index contributed by atoms with van der Waals surface area (Å²) < 4.78 is 0. The Kier molecular flexibility index (Phi) is 4.93. The summed E-state index contributed by atoms with van der Waals surface area (Å²) in [5.41, 5.74) is 7.76. The third-order valence-corrected chi connectivity index (χ3v) is 3.90. The Hall–Kier alpha value is -1.39. The number of likely N-dealkylation sites (tertiary alicyclic amines) is 1. The molecule has 1 aromatic carbocycles. The molecule has 1 amide bonds. The fraction of sp³-hybridized carbons (Fsp3) is 0.533. The molecule has 19 heavy (non-hydrogen) atoms. The molecule has 1 atom stereocenters. The average Bonchev–Trinajstić information content (AvgIpc) is 2.82. The first kappa shape index (κ1) is 14.0. The Balaban J connectivity index is 1.84. The van der Waals surface area contributed by atoms with Gasteiger partial charge < -0.3 is 16.0 Å². The summed E-state index contributed by atoms with van der Waals surface area (Å²) in [5, 5.41) is 3.03. The third kappa shape index (κ3) is 3.78. The van der Waals surface area contributed by atoms with E-state index in [-0.39, 0.29) is 5.91 Å². The topological polar surface area (TPSA) is 58.4 Å². The highest BCUT2D eigenvalue weighted by Crippen LogP contribution is 2.13. The molecular formula is C15H23N3O. The van der Waals surface area contributed by atoms with Crippen LogP contribution in [0.5, 0.6) is 0 Å². The lowest BCUT2D eigenvalue weighted by Crippen LogP contribution is -2.38. The number of benzene rings is 1. The molecule has 4 nitrogen and oxygen atoms in total. The number of nitrogens with zero attached hydrogens (tertiary/aromatic N) is 1. The smallest absolute Gasteiger partial charge is 0.224 e. The van der Waals surface area contributed by atoms with E-state index in [1.165, 1.54) is 12.8 Å². The number of amides is 1. The normalized spacial score (nSPS) is 19.6. The predicted octanol–water partition coefficient (Wildman–Crippen LogP) is 0.898. The van der Waals surface area contributed by atoms with Gasteiger partial charge in [-0.25, -0.2) is 0 Å². The Morgan fingerprint density at radius 3 is 2.79 bits per heavy atom. The lowest BCUT2D eigenvalue weighted by atomic mass is 10.0. The predicted molar refractivity (Wildman–Crippen MR) is 76.7 cm³/mol. The van der Waals surface area contributed by atoms with Crippen LogP contribution in [0.3, 0.4) is 0 Å². The van der Waals surface area contributed by atoms with Crippen LogP contribution in [0.4, 0.5) is 0 Å². The van der Waals surface area contributed by atoms with Crippen molar-refractivity contribution in [2.24, 2.45) is 5.73 Å². The van der Waals surface area contributed by atoms with Crippen LogP contribution in [0.1, 0.15) is 24.0 Å². The largest absolute Gasteiger partial charge is 0.354 e. The Morgan fingerprint density at radius 2 is 2.16 bits per heavy atom. The maximum absolute atomic E-state index is 12.0. The standard InChI is InChI=1S/C15H23N3O/c1-18-8-4-7-14(18)11-17-15(19)9-12-5-2-3-6-13(12)10-16/h2-3,5-6,14H,4,7-11,16H2,1H3,(H,17,19). The fourth-order valence-corrected chi connectivity index (χ4v) is 2.63. The highest BCUT2D eigenvalue weighted by molar-refractivity contribution is 5.78. The number of carbonyl (C=O) groups excluding carboxylic acids is 1. The monoisotopic (exact) mass is 261 g/mol. The zero-order valence-corrected chi connectivity index (χ0v) is 11.6. The molecule has 0 aromatic heterocycles. The first-order chi connectivity index (χ1) is 9.20. The highest BCUT2D eigenvalue weighted by atomic mass is 16.1. The summed E-state index contributed by atoms with van der Waals surface area (Å²) in [6.07, 6.45) is 2.83. The van der Waals surface area contributed by atoms with Gasteiger partial charge in [0.1, 0.15) is 0 Å². The molecule has 3 N–H and O–H groups in total. The number of hydrogen-bond acceptors (Lipinski definition) is 3. The van der Waals surface area contributed by atoms with Crippen LogP contribution in [0.2, 0.25) is 0 Å². The van der Waals surface area contributed by atoms with E-state index in [4.69, 9.17) is 5.73 Å². The second-order valence-corrected chi connectivity index (χ2v) is 5.23. The minimum Gasteiger partial charge on any atom is -0.354 e. The van der Waals surface area contributed by atoms with Crippen molar-refractivity contribution in [3.63, 3.8) is 0 Å². The molecule has 4 heteroatoms. The van der Waals surface area contributed by atoms with Crippen molar-refractivity contribution in [1.82, 2.24) is 10.2 Å². The van der Waals surface area contributed by atoms with Gasteiger partial charge in [-0.15, -0.1) is 0 Å². The maximum Gasteiger partial charge on any atom is 0.224 e. The molecular weight excluding hydrogens is 238 g/mol. The number of likely N-dealkylation sites (N-methyl/N-ethyl adjacent to an activating group) is 1. The van der Waals surface area contributed by atoms with Gasteiger partial charge in [0.15, 0.2) is 0 Å². The Bertz CT molecular complexity index is 433. The lowest BCUT2D eigenvalue weighted by molar-refractivity contribution is -0.120. The zero-order chi connectivity index (χ0) is 13.7. The van der Waals surface area contributed by atoms with Crippen molar-refractivity contribution in [3.05, 3.63) is 35.4 Å². The van der Waals surface area contributed by atoms with Gasteiger partial charge in [-0.05, 0) is 37.6 Å². The van der Waals surface area contributed by atoms with Crippen LogP contribution in [0.25, 0.3) is 0 Å². The molecule has 104 valence electrons. The van der Waals surface area contributed by atoms with Crippen LogP contribution < -0.4 is 11.1 Å². The fourth-order valence-electron chi connectivity index (χ4n) is 2.63. The van der Waals surface area contributed by atoms with E-state index in [0.717, 1.165) is 24.2 Å². The molecule has 0 radical (unpaired) electrons. The summed E-state index contributed by atoms with van der Waals surface area (Å²) in [6.45, 7) is 2.37. The van der Waals surface area contributed by atoms with Gasteiger partial charge >= 0.3 is 0 Å². The summed E-state index contributed by atoms with van der Waals surface area (Å²) in [5.74, 6) is 0.0844. The van der Waals surface area contributed by atoms with Crippen LogP contribution >= 0.6 is 0 Å². The van der Waals surface area contributed by atoms with Crippen molar-refractivity contribution in [2.75, 3.05) is 20.1 Å². The lowest BCUT2D eigenvalue weighted by Gasteiger charge is -2.19. The van der Waals surface area contributed by atoms with Gasteiger partial charge in [-0.2, -0.15) is 0 Å². The summed E-state index contributed by atoms with van der Waals surface area (Å²) in [4.78, 5) is 14.3. The second kappa shape index (κ2) is 6.68. The van der Waals surface area contributed by atoms with E-state index in [1.807, 2.05) is 24.3 Å². The van der Waals surface area contributed by atoms with Gasteiger partial charge in [-0.3, -0.25) is 4.79 Å². The molecule has 0 saturated carbocycles. The number of nitrogens with two attached hydrogens (primary N) is 1. The zero-order valence-electron chi connectivity index (χ0n) is 11.6. The van der Waals surface area contributed by atoms with Crippen LogP contribution in [-0.4, -0.2) is 37.0 Å². The summed E-state index contributed by atoms with van der Waals surface area (Å²) >= 11 is 0. The average molecular weight is 261 g/mol. The molecule has 0 bridgehead atoms. The summed E-state index contributed by atoms with van der Waals surface area (Å²) in [6, 6.07) is 8.36. The molecule has 0 spiro atoms. The Labute approximate surface area is 115 Å². The van der Waals surface area contributed by atoms with E-state index in [9.17, 15) is 4.79 Å². The van der Waals surface area contributed by atoms with Gasteiger partial charge in [0.05, 0.1) is 6.42 Å². The maximum atomic E-state index is 12.0. The van der Waals surface area contributed by atoms with Crippen molar-refractivity contribution in [1.29, 1.82) is 0 Å². The van der Waals surface area contributed by atoms with E-state index in [1.54, 1.807) is 0 Å². The molecule has 1 unspecified atom stereocenters. The van der Waals surface area contributed by atoms with E-state index < -0.39 is 0 Å². The third-order valence-electron chi connectivity index (χ3n) is 3.90. The van der Waals surface area contributed by atoms with Gasteiger partial charge in [0.25, 0.3) is 0 Å². The molecule has 2 rings (SSSR count). The molecule has 0 aliphatic carbocycles. The van der Waals surface area contributed by atoms with Gasteiger partial charge in [0.2, 0.25) is 5.91 Å². The highest BCUT2D eigenvalue weighted by Gasteiger charge is 2.21. The first-order valence-electron chi connectivity index (χ1n) is 6.94. The minimum atomic E-state index is 0.0844. The van der Waals surface area contributed by atoms with Crippen LogP contribution in [-0.2, 0) is 17.8 Å². The van der Waals surface area contributed by atoms with Crippen molar-refractivity contribution in [3.8, 4) is 0 Å². The van der Waals surface area contributed by atoms with Gasteiger partial charge in [0, 0.05) is 19.1 Å².